The van der Waals surface area contributed by atoms with Crippen LogP contribution in [0.15, 0.2) is 18.2 Å². The van der Waals surface area contributed by atoms with Crippen molar-refractivity contribution in [3.05, 3.63) is 23.8 Å². The summed E-state index contributed by atoms with van der Waals surface area (Å²) in [6.07, 6.45) is 2.07. The van der Waals surface area contributed by atoms with E-state index in [2.05, 4.69) is 4.90 Å². The lowest BCUT2D eigenvalue weighted by atomic mass is 9.92. The highest BCUT2D eigenvalue weighted by Gasteiger charge is 2.20. The number of phenols is 2. The SMILES string of the molecule is O=CCC[C@H](CN1CCOCC1)c1ccc(O)cc1O. The van der Waals surface area contributed by atoms with Gasteiger partial charge in [-0.1, -0.05) is 6.07 Å². The van der Waals surface area contributed by atoms with E-state index in [4.69, 9.17) is 4.74 Å². The quantitative estimate of drug-likeness (QED) is 0.772. The topological polar surface area (TPSA) is 70.0 Å². The molecule has 5 heteroatoms. The minimum atomic E-state index is 0.0479. The number of ether oxygens (including phenoxy) is 1. The first-order valence-electron chi connectivity index (χ1n) is 6.96. The number of nitrogens with zero attached hydrogens (tertiary/aromatic N) is 1. The van der Waals surface area contributed by atoms with E-state index >= 15 is 0 Å². The van der Waals surface area contributed by atoms with Gasteiger partial charge >= 0.3 is 0 Å². The Morgan fingerprint density at radius 1 is 1.30 bits per heavy atom. The van der Waals surface area contributed by atoms with Crippen LogP contribution in [0.5, 0.6) is 11.5 Å². The molecule has 0 aliphatic carbocycles. The fourth-order valence-electron chi connectivity index (χ4n) is 2.59. The predicted molar refractivity (Wildman–Crippen MR) is 75.1 cm³/mol. The molecule has 0 saturated carbocycles. The van der Waals surface area contributed by atoms with Crippen molar-refractivity contribution in [2.45, 2.75) is 18.8 Å². The summed E-state index contributed by atoms with van der Waals surface area (Å²) >= 11 is 0. The predicted octanol–water partition coefficient (Wildman–Crippen LogP) is 1.49. The number of hydrogen-bond donors (Lipinski definition) is 2. The van der Waals surface area contributed by atoms with Crippen molar-refractivity contribution < 1.29 is 19.7 Å². The summed E-state index contributed by atoms with van der Waals surface area (Å²) in [5.74, 6) is 0.222. The third-order valence-electron chi connectivity index (χ3n) is 3.67. The van der Waals surface area contributed by atoms with Crippen LogP contribution in [0.1, 0.15) is 24.3 Å². The van der Waals surface area contributed by atoms with E-state index in [1.165, 1.54) is 6.07 Å². The van der Waals surface area contributed by atoms with Crippen molar-refractivity contribution in [2.24, 2.45) is 0 Å². The Kier molecular flexibility index (Phi) is 5.38. The van der Waals surface area contributed by atoms with Gasteiger partial charge in [-0.2, -0.15) is 0 Å². The Labute approximate surface area is 118 Å². The molecule has 1 atom stereocenters. The van der Waals surface area contributed by atoms with Gasteiger partial charge in [-0.05, 0) is 18.1 Å². The first-order chi connectivity index (χ1) is 9.70. The van der Waals surface area contributed by atoms with E-state index in [0.717, 1.165) is 44.7 Å². The van der Waals surface area contributed by atoms with Gasteiger partial charge in [-0.3, -0.25) is 4.90 Å². The first-order valence-corrected chi connectivity index (χ1v) is 6.96. The van der Waals surface area contributed by atoms with Crippen molar-refractivity contribution in [1.29, 1.82) is 0 Å². The number of carbonyl (C=O) groups is 1. The number of benzene rings is 1. The Bertz CT molecular complexity index is 443. The maximum absolute atomic E-state index is 10.6. The van der Waals surface area contributed by atoms with E-state index in [9.17, 15) is 15.0 Å². The number of rotatable bonds is 6. The maximum atomic E-state index is 10.6. The number of morpholine rings is 1. The molecule has 1 saturated heterocycles. The molecule has 1 aromatic rings. The molecule has 0 amide bonds. The lowest BCUT2D eigenvalue weighted by molar-refractivity contribution is -0.108. The zero-order valence-corrected chi connectivity index (χ0v) is 11.5. The minimum Gasteiger partial charge on any atom is -0.508 e. The summed E-state index contributed by atoms with van der Waals surface area (Å²) in [5, 5.41) is 19.4. The van der Waals surface area contributed by atoms with E-state index in [1.807, 2.05) is 0 Å². The van der Waals surface area contributed by atoms with Crippen LogP contribution in [0, 0.1) is 0 Å². The molecule has 1 heterocycles. The van der Waals surface area contributed by atoms with Gasteiger partial charge in [0, 0.05) is 38.0 Å². The summed E-state index contributed by atoms with van der Waals surface area (Å²) in [5.41, 5.74) is 0.788. The molecule has 5 nitrogen and oxygen atoms in total. The summed E-state index contributed by atoms with van der Waals surface area (Å²) in [7, 11) is 0. The van der Waals surface area contributed by atoms with E-state index in [-0.39, 0.29) is 17.4 Å². The van der Waals surface area contributed by atoms with Gasteiger partial charge < -0.3 is 19.7 Å². The van der Waals surface area contributed by atoms with Crippen LogP contribution in [-0.2, 0) is 9.53 Å². The van der Waals surface area contributed by atoms with Crippen molar-refractivity contribution >= 4 is 6.29 Å². The van der Waals surface area contributed by atoms with Gasteiger partial charge in [-0.15, -0.1) is 0 Å². The second-order valence-electron chi connectivity index (χ2n) is 5.10. The molecule has 20 heavy (non-hydrogen) atoms. The lowest BCUT2D eigenvalue weighted by Gasteiger charge is -2.30. The lowest BCUT2D eigenvalue weighted by Crippen LogP contribution is -2.38. The standard InChI is InChI=1S/C15H21NO4/c17-7-1-2-12(11-16-5-8-20-9-6-16)14-4-3-13(18)10-15(14)19/h3-4,7,10,12,18-19H,1-2,5-6,8-9,11H2/t12-/m1/s1. The van der Waals surface area contributed by atoms with Crippen LogP contribution in [0.3, 0.4) is 0 Å². The highest BCUT2D eigenvalue weighted by Crippen LogP contribution is 2.32. The zero-order chi connectivity index (χ0) is 14.4. The molecule has 1 aromatic carbocycles. The van der Waals surface area contributed by atoms with Gasteiger partial charge in [0.05, 0.1) is 13.2 Å². The van der Waals surface area contributed by atoms with E-state index < -0.39 is 0 Å². The molecule has 0 unspecified atom stereocenters. The van der Waals surface area contributed by atoms with Crippen molar-refractivity contribution in [2.75, 3.05) is 32.8 Å². The van der Waals surface area contributed by atoms with Gasteiger partial charge in [-0.25, -0.2) is 0 Å². The van der Waals surface area contributed by atoms with Crippen LogP contribution in [0.4, 0.5) is 0 Å². The van der Waals surface area contributed by atoms with E-state index in [0.29, 0.717) is 12.8 Å². The Balaban J connectivity index is 2.10. The summed E-state index contributed by atoms with van der Waals surface area (Å²) in [4.78, 5) is 12.9. The first kappa shape index (κ1) is 14.8. The highest BCUT2D eigenvalue weighted by molar-refractivity contribution is 5.50. The molecule has 0 aromatic heterocycles. The molecule has 1 aliphatic rings. The summed E-state index contributed by atoms with van der Waals surface area (Å²) in [6.45, 7) is 3.98. The molecule has 0 spiro atoms. The van der Waals surface area contributed by atoms with E-state index in [1.54, 1.807) is 12.1 Å². The number of phenolic OH excluding ortho intramolecular Hbond substituents is 2. The van der Waals surface area contributed by atoms with Crippen LogP contribution in [-0.4, -0.2) is 54.2 Å². The number of aldehydes is 1. The monoisotopic (exact) mass is 279 g/mol. The van der Waals surface area contributed by atoms with Gasteiger partial charge in [0.2, 0.25) is 0 Å². The number of carbonyl (C=O) groups excluding carboxylic acids is 1. The number of hydrogen-bond acceptors (Lipinski definition) is 5. The maximum Gasteiger partial charge on any atom is 0.122 e. The van der Waals surface area contributed by atoms with Crippen molar-refractivity contribution in [3.63, 3.8) is 0 Å². The second kappa shape index (κ2) is 7.26. The Hall–Kier alpha value is -1.59. The molecule has 1 aliphatic heterocycles. The minimum absolute atomic E-state index is 0.0479. The van der Waals surface area contributed by atoms with Crippen LogP contribution in [0.2, 0.25) is 0 Å². The normalized spacial score (nSPS) is 17.8. The van der Waals surface area contributed by atoms with Crippen molar-refractivity contribution in [3.8, 4) is 11.5 Å². The average Bonchev–Trinajstić information content (AvgIpc) is 2.45. The molecule has 0 bridgehead atoms. The second-order valence-corrected chi connectivity index (χ2v) is 5.10. The fraction of sp³-hybridized carbons (Fsp3) is 0.533. The molecule has 2 rings (SSSR count). The van der Waals surface area contributed by atoms with Crippen molar-refractivity contribution in [1.82, 2.24) is 4.90 Å². The smallest absolute Gasteiger partial charge is 0.122 e. The molecular weight excluding hydrogens is 258 g/mol. The third kappa shape index (κ3) is 3.95. The molecule has 2 N–H and O–H groups in total. The molecular formula is C15H21NO4. The average molecular weight is 279 g/mol. The molecule has 0 radical (unpaired) electrons. The molecule has 1 fully saturated rings. The van der Waals surface area contributed by atoms with Crippen LogP contribution < -0.4 is 0 Å². The van der Waals surface area contributed by atoms with Crippen LogP contribution >= 0.6 is 0 Å². The third-order valence-corrected chi connectivity index (χ3v) is 3.67. The van der Waals surface area contributed by atoms with Gasteiger partial charge in [0.1, 0.15) is 17.8 Å². The Morgan fingerprint density at radius 3 is 2.70 bits per heavy atom. The van der Waals surface area contributed by atoms with Crippen LogP contribution in [0.25, 0.3) is 0 Å². The summed E-state index contributed by atoms with van der Waals surface area (Å²) < 4.78 is 5.33. The van der Waals surface area contributed by atoms with Gasteiger partial charge in [0.15, 0.2) is 0 Å². The largest absolute Gasteiger partial charge is 0.508 e. The summed E-state index contributed by atoms with van der Waals surface area (Å²) in [6, 6.07) is 4.66. The highest BCUT2D eigenvalue weighted by atomic mass is 16.5. The Morgan fingerprint density at radius 2 is 2.05 bits per heavy atom. The number of aromatic hydroxyl groups is 2. The molecule has 110 valence electrons. The fourth-order valence-corrected chi connectivity index (χ4v) is 2.59. The van der Waals surface area contributed by atoms with Gasteiger partial charge in [0.25, 0.3) is 0 Å². The zero-order valence-electron chi connectivity index (χ0n) is 11.5.